The Morgan fingerprint density at radius 3 is 2.53 bits per heavy atom. The minimum Gasteiger partial charge on any atom is -0.508 e. The molecule has 0 saturated heterocycles. The van der Waals surface area contributed by atoms with Crippen molar-refractivity contribution in [3.05, 3.63) is 53.6 Å². The lowest BCUT2D eigenvalue weighted by atomic mass is 10.1. The van der Waals surface area contributed by atoms with E-state index in [-0.39, 0.29) is 11.5 Å². The number of phenols is 2. The van der Waals surface area contributed by atoms with Crippen LogP contribution in [0.1, 0.15) is 24.5 Å². The standard InChI is InChI=1S/C16H19NO2/c1-2-5-12-6-3-4-7-15(12)17-11-13-8-9-14(18)10-16(13)19/h3-4,6-10,17-19H,2,5,11H2,1H3. The lowest BCUT2D eigenvalue weighted by molar-refractivity contribution is 0.446. The van der Waals surface area contributed by atoms with Crippen LogP contribution in [0.3, 0.4) is 0 Å². The number of aryl methyl sites for hydroxylation is 1. The Kier molecular flexibility index (Phi) is 4.29. The lowest BCUT2D eigenvalue weighted by Gasteiger charge is -2.12. The predicted molar refractivity (Wildman–Crippen MR) is 77.5 cm³/mol. The molecule has 0 aliphatic rings. The predicted octanol–water partition coefficient (Wildman–Crippen LogP) is 3.66. The Morgan fingerprint density at radius 2 is 1.79 bits per heavy atom. The Hall–Kier alpha value is -2.16. The first-order valence-corrected chi connectivity index (χ1v) is 6.53. The van der Waals surface area contributed by atoms with Crippen molar-refractivity contribution in [3.8, 4) is 11.5 Å². The van der Waals surface area contributed by atoms with Gasteiger partial charge in [0.25, 0.3) is 0 Å². The molecule has 0 spiro atoms. The summed E-state index contributed by atoms with van der Waals surface area (Å²) in [6.45, 7) is 2.69. The van der Waals surface area contributed by atoms with Crippen molar-refractivity contribution in [1.82, 2.24) is 0 Å². The van der Waals surface area contributed by atoms with Crippen molar-refractivity contribution in [2.24, 2.45) is 0 Å². The molecule has 19 heavy (non-hydrogen) atoms. The van der Waals surface area contributed by atoms with Crippen molar-refractivity contribution in [1.29, 1.82) is 0 Å². The second-order valence-corrected chi connectivity index (χ2v) is 4.57. The number of anilines is 1. The van der Waals surface area contributed by atoms with Crippen LogP contribution in [0.25, 0.3) is 0 Å². The minimum absolute atomic E-state index is 0.0765. The number of rotatable bonds is 5. The van der Waals surface area contributed by atoms with Crippen LogP contribution in [0.4, 0.5) is 5.69 Å². The second-order valence-electron chi connectivity index (χ2n) is 4.57. The first-order valence-electron chi connectivity index (χ1n) is 6.53. The van der Waals surface area contributed by atoms with Gasteiger partial charge in [0.05, 0.1) is 0 Å². The number of para-hydroxylation sites is 1. The van der Waals surface area contributed by atoms with E-state index in [4.69, 9.17) is 0 Å². The summed E-state index contributed by atoms with van der Waals surface area (Å²) < 4.78 is 0. The summed E-state index contributed by atoms with van der Waals surface area (Å²) in [5.74, 6) is 0.188. The third-order valence-corrected chi connectivity index (χ3v) is 3.07. The molecule has 0 aliphatic heterocycles. The first-order chi connectivity index (χ1) is 9.20. The fourth-order valence-corrected chi connectivity index (χ4v) is 2.07. The van der Waals surface area contributed by atoms with Gasteiger partial charge in [-0.1, -0.05) is 31.5 Å². The molecule has 2 rings (SSSR count). The Labute approximate surface area is 113 Å². The maximum absolute atomic E-state index is 9.74. The molecule has 100 valence electrons. The van der Waals surface area contributed by atoms with Gasteiger partial charge in [0.1, 0.15) is 11.5 Å². The normalized spacial score (nSPS) is 10.4. The van der Waals surface area contributed by atoms with Gasteiger partial charge < -0.3 is 15.5 Å². The van der Waals surface area contributed by atoms with Crippen molar-refractivity contribution < 1.29 is 10.2 Å². The quantitative estimate of drug-likeness (QED) is 0.766. The Balaban J connectivity index is 2.10. The highest BCUT2D eigenvalue weighted by atomic mass is 16.3. The summed E-state index contributed by atoms with van der Waals surface area (Å²) in [7, 11) is 0. The summed E-state index contributed by atoms with van der Waals surface area (Å²) in [4.78, 5) is 0. The molecule has 0 saturated carbocycles. The van der Waals surface area contributed by atoms with Crippen LogP contribution < -0.4 is 5.32 Å². The number of aromatic hydroxyl groups is 2. The molecule has 0 atom stereocenters. The van der Waals surface area contributed by atoms with Crippen LogP contribution in [0.2, 0.25) is 0 Å². The van der Waals surface area contributed by atoms with E-state index in [9.17, 15) is 10.2 Å². The monoisotopic (exact) mass is 257 g/mol. The van der Waals surface area contributed by atoms with Crippen LogP contribution in [0, 0.1) is 0 Å². The van der Waals surface area contributed by atoms with E-state index in [1.165, 1.54) is 11.6 Å². The number of hydrogen-bond donors (Lipinski definition) is 3. The van der Waals surface area contributed by atoms with Gasteiger partial charge in [0, 0.05) is 23.9 Å². The van der Waals surface area contributed by atoms with Crippen molar-refractivity contribution in [2.45, 2.75) is 26.3 Å². The third-order valence-electron chi connectivity index (χ3n) is 3.07. The number of benzene rings is 2. The van der Waals surface area contributed by atoms with Gasteiger partial charge in [0.15, 0.2) is 0 Å². The maximum atomic E-state index is 9.74. The average Bonchev–Trinajstić information content (AvgIpc) is 2.40. The smallest absolute Gasteiger partial charge is 0.124 e. The molecule has 0 aromatic heterocycles. The zero-order valence-corrected chi connectivity index (χ0v) is 11.1. The minimum atomic E-state index is 0.0765. The summed E-state index contributed by atoms with van der Waals surface area (Å²) in [6, 6.07) is 12.8. The fourth-order valence-electron chi connectivity index (χ4n) is 2.07. The molecule has 0 aliphatic carbocycles. The van der Waals surface area contributed by atoms with Crippen molar-refractivity contribution in [3.63, 3.8) is 0 Å². The van der Waals surface area contributed by atoms with Gasteiger partial charge in [-0.05, 0) is 30.2 Å². The molecule has 0 radical (unpaired) electrons. The molecular weight excluding hydrogens is 238 g/mol. The second kappa shape index (κ2) is 6.14. The molecule has 3 heteroatoms. The topological polar surface area (TPSA) is 52.5 Å². The summed E-state index contributed by atoms with van der Waals surface area (Å²) in [5, 5.41) is 22.3. The van der Waals surface area contributed by atoms with E-state index < -0.39 is 0 Å². The number of nitrogens with one attached hydrogen (secondary N) is 1. The van der Waals surface area contributed by atoms with Crippen molar-refractivity contribution >= 4 is 5.69 Å². The van der Waals surface area contributed by atoms with Gasteiger partial charge in [-0.2, -0.15) is 0 Å². The molecule has 3 nitrogen and oxygen atoms in total. The van der Waals surface area contributed by atoms with E-state index in [1.807, 2.05) is 18.2 Å². The van der Waals surface area contributed by atoms with Gasteiger partial charge in [0.2, 0.25) is 0 Å². The van der Waals surface area contributed by atoms with E-state index in [1.54, 1.807) is 12.1 Å². The molecule has 0 fully saturated rings. The molecule has 0 heterocycles. The van der Waals surface area contributed by atoms with Gasteiger partial charge in [-0.15, -0.1) is 0 Å². The SMILES string of the molecule is CCCc1ccccc1NCc1ccc(O)cc1O. The summed E-state index contributed by atoms with van der Waals surface area (Å²) >= 11 is 0. The molecule has 2 aromatic carbocycles. The molecule has 2 aromatic rings. The third kappa shape index (κ3) is 3.41. The maximum Gasteiger partial charge on any atom is 0.124 e. The van der Waals surface area contributed by atoms with Gasteiger partial charge >= 0.3 is 0 Å². The van der Waals surface area contributed by atoms with E-state index in [2.05, 4.69) is 18.3 Å². The molecule has 0 amide bonds. The van der Waals surface area contributed by atoms with Crippen LogP contribution in [0.15, 0.2) is 42.5 Å². The van der Waals surface area contributed by atoms with Gasteiger partial charge in [-0.25, -0.2) is 0 Å². The first kappa shape index (κ1) is 13.3. The largest absolute Gasteiger partial charge is 0.508 e. The van der Waals surface area contributed by atoms with Crippen LogP contribution >= 0.6 is 0 Å². The van der Waals surface area contributed by atoms with Crippen LogP contribution in [-0.4, -0.2) is 10.2 Å². The van der Waals surface area contributed by atoms with Crippen LogP contribution in [-0.2, 0) is 13.0 Å². The highest BCUT2D eigenvalue weighted by molar-refractivity contribution is 5.52. The fraction of sp³-hybridized carbons (Fsp3) is 0.250. The number of phenolic OH excluding ortho intramolecular Hbond substituents is 2. The van der Waals surface area contributed by atoms with Crippen molar-refractivity contribution in [2.75, 3.05) is 5.32 Å². The highest BCUT2D eigenvalue weighted by Gasteiger charge is 2.04. The number of hydrogen-bond acceptors (Lipinski definition) is 3. The van der Waals surface area contributed by atoms with E-state index >= 15 is 0 Å². The summed E-state index contributed by atoms with van der Waals surface area (Å²) in [5.41, 5.74) is 3.14. The summed E-state index contributed by atoms with van der Waals surface area (Å²) in [6.07, 6.45) is 2.13. The van der Waals surface area contributed by atoms with E-state index in [0.29, 0.717) is 6.54 Å². The lowest BCUT2D eigenvalue weighted by Crippen LogP contribution is -2.02. The Bertz CT molecular complexity index is 552. The average molecular weight is 257 g/mol. The molecular formula is C16H19NO2. The zero-order valence-electron chi connectivity index (χ0n) is 11.1. The van der Waals surface area contributed by atoms with Gasteiger partial charge in [-0.3, -0.25) is 0 Å². The highest BCUT2D eigenvalue weighted by Crippen LogP contribution is 2.24. The Morgan fingerprint density at radius 1 is 1.00 bits per heavy atom. The molecule has 3 N–H and O–H groups in total. The van der Waals surface area contributed by atoms with Crippen LogP contribution in [0.5, 0.6) is 11.5 Å². The molecule has 0 bridgehead atoms. The zero-order chi connectivity index (χ0) is 13.7. The molecule has 0 unspecified atom stereocenters. The van der Waals surface area contributed by atoms with E-state index in [0.717, 1.165) is 24.1 Å².